The summed E-state index contributed by atoms with van der Waals surface area (Å²) < 4.78 is 11.2. The Morgan fingerprint density at radius 3 is 2.53 bits per heavy atom. The molecular weight excluding hydrogens is 386 g/mol. The summed E-state index contributed by atoms with van der Waals surface area (Å²) in [6, 6.07) is 4.12. The summed E-state index contributed by atoms with van der Waals surface area (Å²) in [7, 11) is 0. The minimum atomic E-state index is -1.08. The van der Waals surface area contributed by atoms with E-state index in [0.29, 0.717) is 23.3 Å². The topological polar surface area (TPSA) is 106 Å². The quantitative estimate of drug-likeness (QED) is 0.569. The van der Waals surface area contributed by atoms with Crippen molar-refractivity contribution in [2.45, 2.75) is 72.4 Å². The zero-order valence-corrected chi connectivity index (χ0v) is 18.3. The molecule has 30 heavy (non-hydrogen) atoms. The fourth-order valence-corrected chi connectivity index (χ4v) is 3.31. The highest BCUT2D eigenvalue weighted by Crippen LogP contribution is 2.29. The molecule has 0 saturated carbocycles. The van der Waals surface area contributed by atoms with Crippen LogP contribution in [0.2, 0.25) is 0 Å². The maximum Gasteiger partial charge on any atom is 0.336 e. The van der Waals surface area contributed by atoms with Crippen molar-refractivity contribution >= 4 is 22.8 Å². The Kier molecular flexibility index (Phi) is 8.03. The van der Waals surface area contributed by atoms with Crippen LogP contribution in [0, 0.1) is 12.8 Å². The van der Waals surface area contributed by atoms with Crippen molar-refractivity contribution in [3.05, 3.63) is 39.7 Å². The number of benzene rings is 1. The number of nitrogens with one attached hydrogen (secondary N) is 1. The molecule has 7 heteroatoms. The number of carbonyl (C=O) groups excluding carboxylic acids is 1. The van der Waals surface area contributed by atoms with Gasteiger partial charge in [-0.3, -0.25) is 4.79 Å². The molecule has 1 aromatic heterocycles. The zero-order valence-electron chi connectivity index (χ0n) is 18.3. The number of carboxylic acids is 1. The molecule has 164 valence electrons. The number of carbonyl (C=O) groups is 2. The summed E-state index contributed by atoms with van der Waals surface area (Å²) in [5.41, 5.74) is 1.58. The molecule has 2 N–H and O–H groups in total. The normalized spacial score (nSPS) is 14.2. The van der Waals surface area contributed by atoms with Crippen molar-refractivity contribution in [3.63, 3.8) is 0 Å². The van der Waals surface area contributed by atoms with Crippen molar-refractivity contribution in [2.75, 3.05) is 0 Å². The number of hydrogen-bond donors (Lipinski definition) is 2. The summed E-state index contributed by atoms with van der Waals surface area (Å²) in [5, 5.41) is 12.8. The van der Waals surface area contributed by atoms with Crippen molar-refractivity contribution < 1.29 is 23.8 Å². The van der Waals surface area contributed by atoms with Crippen molar-refractivity contribution in [2.24, 2.45) is 5.92 Å². The van der Waals surface area contributed by atoms with Crippen LogP contribution in [0.1, 0.15) is 58.1 Å². The van der Waals surface area contributed by atoms with Crippen LogP contribution in [-0.4, -0.2) is 29.1 Å². The smallest absolute Gasteiger partial charge is 0.336 e. The van der Waals surface area contributed by atoms with Crippen LogP contribution in [0.15, 0.2) is 27.4 Å². The molecule has 0 aliphatic heterocycles. The van der Waals surface area contributed by atoms with Gasteiger partial charge in [0.1, 0.15) is 17.4 Å². The molecule has 2 rings (SSSR count). The third-order valence-corrected chi connectivity index (χ3v) is 5.45. The fraction of sp³-hybridized carbons (Fsp3) is 0.522. The number of aryl methyl sites for hydroxylation is 2. The molecule has 0 aliphatic carbocycles. The number of hydrogen-bond acceptors (Lipinski definition) is 5. The van der Waals surface area contributed by atoms with E-state index in [0.717, 1.165) is 30.2 Å². The minimum absolute atomic E-state index is 0.211. The van der Waals surface area contributed by atoms with Gasteiger partial charge in [0.25, 0.3) is 5.91 Å². The van der Waals surface area contributed by atoms with Gasteiger partial charge in [-0.15, -0.1) is 0 Å². The molecule has 0 bridgehead atoms. The number of amides is 1. The Bertz CT molecular complexity index is 964. The monoisotopic (exact) mass is 417 g/mol. The number of rotatable bonds is 10. The lowest BCUT2D eigenvalue weighted by Crippen LogP contribution is -2.49. The van der Waals surface area contributed by atoms with Gasteiger partial charge < -0.3 is 19.6 Å². The Balaban J connectivity index is 2.26. The van der Waals surface area contributed by atoms with Gasteiger partial charge in [0, 0.05) is 17.0 Å². The Hall–Kier alpha value is -2.83. The third-order valence-electron chi connectivity index (χ3n) is 5.45. The molecule has 1 heterocycles. The van der Waals surface area contributed by atoms with E-state index in [1.807, 2.05) is 13.0 Å². The van der Waals surface area contributed by atoms with Crippen LogP contribution in [0.4, 0.5) is 0 Å². The largest absolute Gasteiger partial charge is 0.480 e. The number of fused-ring (bicyclic) bond motifs is 1. The van der Waals surface area contributed by atoms with Crippen LogP contribution in [0.25, 0.3) is 11.0 Å². The second kappa shape index (κ2) is 10.3. The van der Waals surface area contributed by atoms with Crippen molar-refractivity contribution in [1.29, 1.82) is 0 Å². The van der Waals surface area contributed by atoms with Crippen molar-refractivity contribution in [3.8, 4) is 5.75 Å². The third kappa shape index (κ3) is 5.40. The molecule has 0 saturated heterocycles. The molecule has 0 radical (unpaired) electrons. The van der Waals surface area contributed by atoms with E-state index in [4.69, 9.17) is 9.15 Å². The Morgan fingerprint density at radius 1 is 1.23 bits per heavy atom. The number of unbranched alkanes of at least 4 members (excludes halogenated alkanes) is 1. The first-order valence-electron chi connectivity index (χ1n) is 10.5. The van der Waals surface area contributed by atoms with Gasteiger partial charge >= 0.3 is 11.6 Å². The minimum Gasteiger partial charge on any atom is -0.480 e. The first kappa shape index (κ1) is 23.4. The lowest BCUT2D eigenvalue weighted by atomic mass is 9.99. The number of ether oxygens (including phenoxy) is 1. The standard InChI is InChI=1S/C23H31NO6/c1-6-8-9-16-12-19(25)30-21-14(4)18(11-10-17(16)21)29-15(5)22(26)24-20(23(27)28)13(3)7-2/h10-13,15,20H,6-9H2,1-5H3,(H,24,26)(H,27,28)/t13-,15-,20-/m0/s1. The molecule has 1 aromatic carbocycles. The van der Waals surface area contributed by atoms with Gasteiger partial charge in [0.2, 0.25) is 0 Å². The molecule has 2 aromatic rings. The predicted octanol–water partition coefficient (Wildman–Crippen LogP) is 3.83. The average Bonchev–Trinajstić information content (AvgIpc) is 2.71. The molecule has 1 amide bonds. The predicted molar refractivity (Wildman–Crippen MR) is 115 cm³/mol. The Labute approximate surface area is 176 Å². The van der Waals surface area contributed by atoms with Crippen LogP contribution < -0.4 is 15.7 Å². The zero-order chi connectivity index (χ0) is 22.4. The second-order valence-electron chi connectivity index (χ2n) is 7.73. The van der Waals surface area contributed by atoms with E-state index in [2.05, 4.69) is 12.2 Å². The molecular formula is C23H31NO6. The first-order valence-corrected chi connectivity index (χ1v) is 10.5. The lowest BCUT2D eigenvalue weighted by molar-refractivity contribution is -0.144. The summed E-state index contributed by atoms with van der Waals surface area (Å²) >= 11 is 0. The SMILES string of the molecule is CCCCc1cc(=O)oc2c(C)c(O[C@@H](C)C(=O)N[C@H](C(=O)O)[C@@H](C)CC)ccc12. The van der Waals surface area contributed by atoms with Crippen LogP contribution in [-0.2, 0) is 16.0 Å². The van der Waals surface area contributed by atoms with Crippen molar-refractivity contribution in [1.82, 2.24) is 5.32 Å². The van der Waals surface area contributed by atoms with Gasteiger partial charge in [0.05, 0.1) is 0 Å². The maximum atomic E-state index is 12.5. The highest BCUT2D eigenvalue weighted by atomic mass is 16.5. The highest BCUT2D eigenvalue weighted by Gasteiger charge is 2.28. The summed E-state index contributed by atoms with van der Waals surface area (Å²) in [4.78, 5) is 36.0. The van der Waals surface area contributed by atoms with E-state index >= 15 is 0 Å². The van der Waals surface area contributed by atoms with Crippen LogP contribution in [0.3, 0.4) is 0 Å². The van der Waals surface area contributed by atoms with E-state index in [1.54, 1.807) is 26.8 Å². The van der Waals surface area contributed by atoms with Gasteiger partial charge in [-0.2, -0.15) is 0 Å². The first-order chi connectivity index (χ1) is 14.2. The summed E-state index contributed by atoms with van der Waals surface area (Å²) in [6.45, 7) is 9.06. The van der Waals surface area contributed by atoms with Gasteiger partial charge in [-0.05, 0) is 50.3 Å². The van der Waals surface area contributed by atoms with Gasteiger partial charge in [-0.1, -0.05) is 33.6 Å². The average molecular weight is 418 g/mol. The molecule has 3 atom stereocenters. The van der Waals surface area contributed by atoms with E-state index in [1.165, 1.54) is 6.07 Å². The molecule has 7 nitrogen and oxygen atoms in total. The lowest BCUT2D eigenvalue weighted by Gasteiger charge is -2.23. The summed E-state index contributed by atoms with van der Waals surface area (Å²) in [5.74, 6) is -1.39. The molecule has 0 aliphatic rings. The second-order valence-corrected chi connectivity index (χ2v) is 7.73. The van der Waals surface area contributed by atoms with E-state index < -0.39 is 29.6 Å². The van der Waals surface area contributed by atoms with E-state index in [9.17, 15) is 19.5 Å². The number of aliphatic carboxylic acids is 1. The molecule has 0 fully saturated rings. The van der Waals surface area contributed by atoms with Gasteiger partial charge in [0.15, 0.2) is 6.10 Å². The maximum absolute atomic E-state index is 12.5. The fourth-order valence-electron chi connectivity index (χ4n) is 3.31. The van der Waals surface area contributed by atoms with Crippen LogP contribution in [0.5, 0.6) is 5.75 Å². The molecule has 0 unspecified atom stereocenters. The number of carboxylic acid groups (broad SMARTS) is 1. The highest BCUT2D eigenvalue weighted by molar-refractivity contribution is 5.87. The van der Waals surface area contributed by atoms with Gasteiger partial charge in [-0.25, -0.2) is 9.59 Å². The molecule has 0 spiro atoms. The van der Waals surface area contributed by atoms with Crippen LogP contribution >= 0.6 is 0 Å². The summed E-state index contributed by atoms with van der Waals surface area (Å²) in [6.07, 6.45) is 2.47. The van der Waals surface area contributed by atoms with E-state index in [-0.39, 0.29) is 5.92 Å². The Morgan fingerprint density at radius 2 is 1.93 bits per heavy atom.